The van der Waals surface area contributed by atoms with Crippen LogP contribution in [0.4, 0.5) is 8.78 Å². The summed E-state index contributed by atoms with van der Waals surface area (Å²) in [6.07, 6.45) is -2.70. The van der Waals surface area contributed by atoms with E-state index in [0.717, 1.165) is 0 Å². The van der Waals surface area contributed by atoms with Crippen molar-refractivity contribution in [2.75, 3.05) is 0 Å². The molecule has 0 bridgehead atoms. The molecule has 1 aromatic heterocycles. The Balaban J connectivity index is 2.78. The largest absolute Gasteiger partial charge is 0.341 e. The number of hydrogen-bond donors (Lipinski definition) is 1. The Kier molecular flexibility index (Phi) is 2.88. The van der Waals surface area contributed by atoms with Gasteiger partial charge in [0, 0.05) is 0 Å². The summed E-state index contributed by atoms with van der Waals surface area (Å²) in [5.74, 6) is 0.562. The van der Waals surface area contributed by atoms with Crippen LogP contribution in [0.2, 0.25) is 0 Å². The van der Waals surface area contributed by atoms with Crippen LogP contribution in [0.25, 0.3) is 11.0 Å². The van der Waals surface area contributed by atoms with E-state index in [0.29, 0.717) is 16.7 Å². The molecule has 0 radical (unpaired) electrons. The molecule has 6 heteroatoms. The van der Waals surface area contributed by atoms with Gasteiger partial charge in [-0.15, -0.1) is 0 Å². The summed E-state index contributed by atoms with van der Waals surface area (Å²) in [5.41, 5.74) is 0.353. The zero-order valence-corrected chi connectivity index (χ0v) is 9.55. The summed E-state index contributed by atoms with van der Waals surface area (Å²) >= 11 is 3.19. The second-order valence-corrected chi connectivity index (χ2v) is 3.71. The molecule has 0 spiro atoms. The number of rotatable bonds is 2. The standard InChI is InChI=1S/C10H6BrF2N3/c11-3-7-15-6-2-1-5(4-14)8(10(12)13)9(6)16-7/h1-2,10H,3H2,(H,15,16). The third-order valence-electron chi connectivity index (χ3n) is 2.21. The molecule has 0 saturated carbocycles. The molecule has 1 N–H and O–H groups in total. The van der Waals surface area contributed by atoms with Crippen molar-refractivity contribution >= 4 is 27.0 Å². The minimum atomic E-state index is -2.70. The number of halogens is 3. The van der Waals surface area contributed by atoms with Crippen molar-refractivity contribution < 1.29 is 8.78 Å². The van der Waals surface area contributed by atoms with Crippen LogP contribution in [0, 0.1) is 11.3 Å². The molecule has 0 atom stereocenters. The lowest BCUT2D eigenvalue weighted by Crippen LogP contribution is -1.92. The summed E-state index contributed by atoms with van der Waals surface area (Å²) < 4.78 is 25.7. The number of nitrogens with one attached hydrogen (secondary N) is 1. The van der Waals surface area contributed by atoms with Crippen LogP contribution in [-0.4, -0.2) is 9.97 Å². The molecule has 0 aliphatic heterocycles. The number of benzene rings is 1. The zero-order valence-electron chi connectivity index (χ0n) is 7.97. The molecule has 0 fully saturated rings. The fraction of sp³-hybridized carbons (Fsp3) is 0.200. The Hall–Kier alpha value is -1.48. The van der Waals surface area contributed by atoms with Gasteiger partial charge in [-0.05, 0) is 12.1 Å². The van der Waals surface area contributed by atoms with Gasteiger partial charge >= 0.3 is 0 Å². The number of nitrogens with zero attached hydrogens (tertiary/aromatic N) is 2. The van der Waals surface area contributed by atoms with Gasteiger partial charge in [-0.2, -0.15) is 5.26 Å². The average molecular weight is 286 g/mol. The predicted octanol–water partition coefficient (Wildman–Crippen LogP) is 3.27. The average Bonchev–Trinajstić information content (AvgIpc) is 2.69. The van der Waals surface area contributed by atoms with Crippen LogP contribution in [0.3, 0.4) is 0 Å². The summed E-state index contributed by atoms with van der Waals surface area (Å²) in [7, 11) is 0. The minimum absolute atomic E-state index is 0.0323. The Morgan fingerprint density at radius 3 is 2.81 bits per heavy atom. The van der Waals surface area contributed by atoms with Crippen LogP contribution < -0.4 is 0 Å². The van der Waals surface area contributed by atoms with Crippen molar-refractivity contribution in [2.45, 2.75) is 11.8 Å². The van der Waals surface area contributed by atoms with E-state index in [4.69, 9.17) is 5.26 Å². The molecule has 2 rings (SSSR count). The quantitative estimate of drug-likeness (QED) is 0.861. The summed E-state index contributed by atoms with van der Waals surface area (Å²) in [6.45, 7) is 0. The van der Waals surface area contributed by atoms with Crippen LogP contribution >= 0.6 is 15.9 Å². The number of imidazole rings is 1. The van der Waals surface area contributed by atoms with Crippen LogP contribution in [0.15, 0.2) is 12.1 Å². The van der Waals surface area contributed by atoms with Crippen molar-refractivity contribution in [2.24, 2.45) is 0 Å². The lowest BCUT2D eigenvalue weighted by molar-refractivity contribution is 0.152. The van der Waals surface area contributed by atoms with E-state index in [1.165, 1.54) is 6.07 Å². The van der Waals surface area contributed by atoms with E-state index < -0.39 is 6.43 Å². The molecule has 3 nitrogen and oxygen atoms in total. The lowest BCUT2D eigenvalue weighted by atomic mass is 10.1. The summed E-state index contributed by atoms with van der Waals surface area (Å²) in [4.78, 5) is 6.92. The number of alkyl halides is 3. The SMILES string of the molecule is N#Cc1ccc2[nH]c(CBr)nc2c1C(F)F. The first-order valence-corrected chi connectivity index (χ1v) is 5.55. The van der Waals surface area contributed by atoms with Crippen molar-refractivity contribution in [3.63, 3.8) is 0 Å². The normalized spacial score (nSPS) is 10.9. The Bertz CT molecular complexity index is 571. The van der Waals surface area contributed by atoms with Crippen LogP contribution in [0.1, 0.15) is 23.4 Å². The van der Waals surface area contributed by atoms with Crippen molar-refractivity contribution in [1.82, 2.24) is 9.97 Å². The van der Waals surface area contributed by atoms with Gasteiger partial charge in [0.15, 0.2) is 0 Å². The highest BCUT2D eigenvalue weighted by Gasteiger charge is 2.19. The highest BCUT2D eigenvalue weighted by Crippen LogP contribution is 2.29. The molecule has 0 unspecified atom stereocenters. The molecule has 2 aromatic rings. The monoisotopic (exact) mass is 285 g/mol. The first-order valence-electron chi connectivity index (χ1n) is 4.43. The number of H-pyrrole nitrogens is 1. The first-order chi connectivity index (χ1) is 7.67. The van der Waals surface area contributed by atoms with Gasteiger partial charge < -0.3 is 4.98 Å². The third-order valence-corrected chi connectivity index (χ3v) is 2.74. The molecule has 1 aromatic carbocycles. The smallest absolute Gasteiger partial charge is 0.267 e. The molecule has 0 aliphatic rings. The molecule has 0 amide bonds. The highest BCUT2D eigenvalue weighted by molar-refractivity contribution is 9.08. The maximum atomic E-state index is 12.8. The zero-order chi connectivity index (χ0) is 11.7. The Morgan fingerprint density at radius 2 is 2.25 bits per heavy atom. The number of hydrogen-bond acceptors (Lipinski definition) is 2. The highest BCUT2D eigenvalue weighted by atomic mass is 79.9. The number of aromatic amines is 1. The van der Waals surface area contributed by atoms with Gasteiger partial charge in [0.1, 0.15) is 5.82 Å². The minimum Gasteiger partial charge on any atom is -0.341 e. The van der Waals surface area contributed by atoms with E-state index >= 15 is 0 Å². The number of nitriles is 1. The summed E-state index contributed by atoms with van der Waals surface area (Å²) in [5, 5.41) is 9.21. The van der Waals surface area contributed by atoms with Crippen molar-refractivity contribution in [3.05, 3.63) is 29.1 Å². The maximum Gasteiger partial charge on any atom is 0.267 e. The molecule has 0 saturated heterocycles. The van der Waals surface area contributed by atoms with Crippen molar-refractivity contribution in [3.8, 4) is 6.07 Å². The van der Waals surface area contributed by atoms with Gasteiger partial charge in [0.25, 0.3) is 6.43 Å². The summed E-state index contributed by atoms with van der Waals surface area (Å²) in [6, 6.07) is 4.71. The van der Waals surface area contributed by atoms with Gasteiger partial charge in [-0.3, -0.25) is 0 Å². The maximum absolute atomic E-state index is 12.8. The fourth-order valence-corrected chi connectivity index (χ4v) is 1.79. The van der Waals surface area contributed by atoms with Gasteiger partial charge in [-0.25, -0.2) is 13.8 Å². The van der Waals surface area contributed by atoms with E-state index in [1.807, 2.05) is 0 Å². The van der Waals surface area contributed by atoms with Gasteiger partial charge in [0.2, 0.25) is 0 Å². The lowest BCUT2D eigenvalue weighted by Gasteiger charge is -2.02. The van der Waals surface area contributed by atoms with Crippen molar-refractivity contribution in [1.29, 1.82) is 5.26 Å². The van der Waals surface area contributed by atoms with Crippen LogP contribution in [-0.2, 0) is 5.33 Å². The fourth-order valence-electron chi connectivity index (χ4n) is 1.53. The van der Waals surface area contributed by atoms with E-state index in [2.05, 4.69) is 25.9 Å². The molecule has 16 heavy (non-hydrogen) atoms. The molecule has 0 aliphatic carbocycles. The van der Waals surface area contributed by atoms with Crippen LogP contribution in [0.5, 0.6) is 0 Å². The first kappa shape index (κ1) is 11.0. The van der Waals surface area contributed by atoms with E-state index in [1.54, 1.807) is 12.1 Å². The molecule has 82 valence electrons. The third kappa shape index (κ3) is 1.67. The molecule has 1 heterocycles. The Morgan fingerprint density at radius 1 is 1.50 bits per heavy atom. The Labute approximate surface area is 98.2 Å². The topological polar surface area (TPSA) is 52.5 Å². The number of aromatic nitrogens is 2. The predicted molar refractivity (Wildman–Crippen MR) is 58.4 cm³/mol. The van der Waals surface area contributed by atoms with E-state index in [-0.39, 0.29) is 16.6 Å². The van der Waals surface area contributed by atoms with Gasteiger partial charge in [-0.1, -0.05) is 15.9 Å². The van der Waals surface area contributed by atoms with Gasteiger partial charge in [0.05, 0.1) is 33.6 Å². The number of fused-ring (bicyclic) bond motifs is 1. The molecular formula is C10H6BrF2N3. The van der Waals surface area contributed by atoms with E-state index in [9.17, 15) is 8.78 Å². The second kappa shape index (κ2) is 4.18. The second-order valence-electron chi connectivity index (χ2n) is 3.15. The molecular weight excluding hydrogens is 280 g/mol.